The van der Waals surface area contributed by atoms with Gasteiger partial charge in [-0.15, -0.1) is 0 Å². The van der Waals surface area contributed by atoms with Gasteiger partial charge in [-0.05, 0) is 42.7 Å². The largest absolute Gasteiger partial charge is 0.413 e. The molecule has 1 aliphatic heterocycles. The minimum absolute atomic E-state index is 0.0120. The average Bonchev–Trinajstić information content (AvgIpc) is 2.64. The number of piperazine rings is 1. The Hall–Kier alpha value is -2.34. The van der Waals surface area contributed by atoms with E-state index in [1.807, 2.05) is 19.9 Å². The number of amides is 1. The van der Waals surface area contributed by atoms with Gasteiger partial charge >= 0.3 is 6.18 Å². The summed E-state index contributed by atoms with van der Waals surface area (Å²) in [6, 6.07) is 13.5. The smallest absolute Gasteiger partial charge is 0.321 e. The van der Waals surface area contributed by atoms with Gasteiger partial charge in [0.25, 0.3) is 5.91 Å². The Kier molecular flexibility index (Phi) is 5.29. The zero-order valence-electron chi connectivity index (χ0n) is 15.4. The number of rotatable bonds is 3. The molecule has 0 saturated carbocycles. The summed E-state index contributed by atoms with van der Waals surface area (Å²) >= 11 is 0. The van der Waals surface area contributed by atoms with Crippen molar-refractivity contribution in [2.75, 3.05) is 19.6 Å². The fourth-order valence-corrected chi connectivity index (χ4v) is 3.59. The Morgan fingerprint density at radius 1 is 1.11 bits per heavy atom. The zero-order valence-corrected chi connectivity index (χ0v) is 15.4. The number of carbonyl (C=O) groups is 1. The summed E-state index contributed by atoms with van der Waals surface area (Å²) in [5.74, 6) is -0.585. The van der Waals surface area contributed by atoms with Crippen LogP contribution >= 0.6 is 0 Å². The van der Waals surface area contributed by atoms with Gasteiger partial charge in [-0.3, -0.25) is 4.79 Å². The van der Waals surface area contributed by atoms with Crippen LogP contribution in [0.2, 0.25) is 0 Å². The molecule has 3 nitrogen and oxygen atoms in total. The van der Waals surface area contributed by atoms with Gasteiger partial charge in [0, 0.05) is 31.6 Å². The fourth-order valence-electron chi connectivity index (χ4n) is 3.59. The van der Waals surface area contributed by atoms with Crippen LogP contribution in [-0.2, 0) is 6.42 Å². The van der Waals surface area contributed by atoms with Crippen molar-refractivity contribution in [2.24, 2.45) is 0 Å². The SMILES string of the molecule is Cc1ccc(CC2(C(F)(F)F)CNCCN2C(=O)c2ccccc2)cc1C. The van der Waals surface area contributed by atoms with Crippen LogP contribution in [0.3, 0.4) is 0 Å². The lowest BCUT2D eigenvalue weighted by Crippen LogP contribution is -2.70. The van der Waals surface area contributed by atoms with Gasteiger partial charge in [0.05, 0.1) is 0 Å². The minimum Gasteiger partial charge on any atom is -0.321 e. The number of alkyl halides is 3. The summed E-state index contributed by atoms with van der Waals surface area (Å²) in [6.45, 7) is 3.83. The van der Waals surface area contributed by atoms with Crippen molar-refractivity contribution in [1.29, 1.82) is 0 Å². The van der Waals surface area contributed by atoms with Gasteiger partial charge in [0.15, 0.2) is 5.54 Å². The standard InChI is InChI=1S/C21H23F3N2O/c1-15-8-9-17(12-16(15)2)13-20(21(22,23)24)14-25-10-11-26(20)19(27)18-6-4-3-5-7-18/h3-9,12,25H,10-11,13-14H2,1-2H3. The molecule has 0 aliphatic carbocycles. The zero-order chi connectivity index (χ0) is 19.7. The molecule has 1 heterocycles. The van der Waals surface area contributed by atoms with E-state index in [2.05, 4.69) is 5.32 Å². The number of nitrogens with one attached hydrogen (secondary N) is 1. The number of hydrogen-bond donors (Lipinski definition) is 1. The van der Waals surface area contributed by atoms with Crippen molar-refractivity contribution in [2.45, 2.75) is 32.0 Å². The molecule has 0 aromatic heterocycles. The number of aryl methyl sites for hydroxylation is 2. The number of benzene rings is 2. The summed E-state index contributed by atoms with van der Waals surface area (Å²) in [5.41, 5.74) is 0.534. The molecule has 1 amide bonds. The van der Waals surface area contributed by atoms with E-state index in [0.29, 0.717) is 12.1 Å². The molecule has 2 aromatic rings. The van der Waals surface area contributed by atoms with Crippen LogP contribution in [0.15, 0.2) is 48.5 Å². The van der Waals surface area contributed by atoms with E-state index >= 15 is 0 Å². The predicted octanol–water partition coefficient (Wildman–Crippen LogP) is 3.89. The monoisotopic (exact) mass is 376 g/mol. The van der Waals surface area contributed by atoms with Crippen LogP contribution in [0.25, 0.3) is 0 Å². The molecule has 1 atom stereocenters. The molecule has 2 aromatic carbocycles. The first-order chi connectivity index (χ1) is 12.7. The summed E-state index contributed by atoms with van der Waals surface area (Å²) in [7, 11) is 0. The molecule has 1 N–H and O–H groups in total. The molecular weight excluding hydrogens is 353 g/mol. The van der Waals surface area contributed by atoms with Crippen molar-refractivity contribution >= 4 is 5.91 Å². The van der Waals surface area contributed by atoms with E-state index in [0.717, 1.165) is 16.0 Å². The third-order valence-corrected chi connectivity index (χ3v) is 5.31. The highest BCUT2D eigenvalue weighted by Crippen LogP contribution is 2.40. The van der Waals surface area contributed by atoms with E-state index < -0.39 is 17.6 Å². The lowest BCUT2D eigenvalue weighted by molar-refractivity contribution is -0.227. The minimum atomic E-state index is -4.57. The lowest BCUT2D eigenvalue weighted by atomic mass is 9.85. The molecule has 0 radical (unpaired) electrons. The molecular formula is C21H23F3N2O. The Morgan fingerprint density at radius 3 is 2.44 bits per heavy atom. The Balaban J connectivity index is 2.04. The normalized spacial score (nSPS) is 20.6. The second-order valence-electron chi connectivity index (χ2n) is 7.12. The molecule has 1 fully saturated rings. The maximum absolute atomic E-state index is 14.4. The molecule has 1 aliphatic rings. The lowest BCUT2D eigenvalue weighted by Gasteiger charge is -2.48. The van der Waals surface area contributed by atoms with Crippen LogP contribution in [0, 0.1) is 13.8 Å². The van der Waals surface area contributed by atoms with E-state index in [4.69, 9.17) is 0 Å². The highest BCUT2D eigenvalue weighted by atomic mass is 19.4. The second-order valence-corrected chi connectivity index (χ2v) is 7.12. The van der Waals surface area contributed by atoms with Gasteiger partial charge < -0.3 is 10.2 Å². The molecule has 3 rings (SSSR count). The highest BCUT2D eigenvalue weighted by Gasteiger charge is 2.60. The van der Waals surface area contributed by atoms with Crippen molar-refractivity contribution in [1.82, 2.24) is 10.2 Å². The van der Waals surface area contributed by atoms with E-state index in [1.165, 1.54) is 0 Å². The summed E-state index contributed by atoms with van der Waals surface area (Å²) in [6.07, 6.45) is -4.84. The van der Waals surface area contributed by atoms with Gasteiger partial charge in [0.2, 0.25) is 0 Å². The van der Waals surface area contributed by atoms with Gasteiger partial charge in [-0.2, -0.15) is 13.2 Å². The van der Waals surface area contributed by atoms with Gasteiger partial charge in [-0.25, -0.2) is 0 Å². The van der Waals surface area contributed by atoms with Gasteiger partial charge in [0.1, 0.15) is 0 Å². The first kappa shape index (κ1) is 19.4. The maximum Gasteiger partial charge on any atom is 0.413 e. The molecule has 144 valence electrons. The van der Waals surface area contributed by atoms with Crippen molar-refractivity contribution in [3.63, 3.8) is 0 Å². The average molecular weight is 376 g/mol. The molecule has 27 heavy (non-hydrogen) atoms. The topological polar surface area (TPSA) is 32.3 Å². The molecule has 1 unspecified atom stereocenters. The predicted molar refractivity (Wildman–Crippen MR) is 98.8 cm³/mol. The third kappa shape index (κ3) is 3.72. The molecule has 1 saturated heterocycles. The maximum atomic E-state index is 14.4. The number of halogens is 3. The number of hydrogen-bond acceptors (Lipinski definition) is 2. The van der Waals surface area contributed by atoms with E-state index in [-0.39, 0.29) is 25.1 Å². The summed E-state index contributed by atoms with van der Waals surface area (Å²) in [5, 5.41) is 2.85. The summed E-state index contributed by atoms with van der Waals surface area (Å²) in [4.78, 5) is 14.0. The highest BCUT2D eigenvalue weighted by molar-refractivity contribution is 5.95. The fraction of sp³-hybridized carbons (Fsp3) is 0.381. The molecule has 6 heteroatoms. The number of nitrogens with zero attached hydrogens (tertiary/aromatic N) is 1. The van der Waals surface area contributed by atoms with E-state index in [1.54, 1.807) is 42.5 Å². The summed E-state index contributed by atoms with van der Waals surface area (Å²) < 4.78 is 43.1. The number of carbonyl (C=O) groups excluding carboxylic acids is 1. The van der Waals surface area contributed by atoms with Crippen LogP contribution < -0.4 is 5.32 Å². The van der Waals surface area contributed by atoms with Crippen LogP contribution in [-0.4, -0.2) is 42.2 Å². The van der Waals surface area contributed by atoms with Crippen LogP contribution in [0.4, 0.5) is 13.2 Å². The quantitative estimate of drug-likeness (QED) is 0.881. The first-order valence-corrected chi connectivity index (χ1v) is 8.95. The van der Waals surface area contributed by atoms with Gasteiger partial charge in [-0.1, -0.05) is 36.4 Å². The third-order valence-electron chi connectivity index (χ3n) is 5.31. The molecule has 0 spiro atoms. The Morgan fingerprint density at radius 2 is 1.81 bits per heavy atom. The second kappa shape index (κ2) is 7.35. The first-order valence-electron chi connectivity index (χ1n) is 8.95. The van der Waals surface area contributed by atoms with Crippen molar-refractivity contribution in [3.05, 3.63) is 70.8 Å². The van der Waals surface area contributed by atoms with Crippen molar-refractivity contribution in [3.8, 4) is 0 Å². The van der Waals surface area contributed by atoms with E-state index in [9.17, 15) is 18.0 Å². The van der Waals surface area contributed by atoms with Crippen LogP contribution in [0.1, 0.15) is 27.0 Å². The van der Waals surface area contributed by atoms with Crippen molar-refractivity contribution < 1.29 is 18.0 Å². The molecule has 0 bridgehead atoms. The Bertz CT molecular complexity index is 820. The van der Waals surface area contributed by atoms with Crippen LogP contribution in [0.5, 0.6) is 0 Å². The Labute approximate surface area is 157 Å².